The molecule has 1 atom stereocenters. The summed E-state index contributed by atoms with van der Waals surface area (Å²) in [6.45, 7) is 2.83. The minimum atomic E-state index is -0.957. The molecule has 27 heavy (non-hydrogen) atoms. The van der Waals surface area contributed by atoms with Gasteiger partial charge in [0.25, 0.3) is 0 Å². The molecule has 2 amide bonds. The van der Waals surface area contributed by atoms with Crippen LogP contribution in [0.25, 0.3) is 0 Å². The minimum absolute atomic E-state index is 0.0117. The summed E-state index contributed by atoms with van der Waals surface area (Å²) >= 11 is 0. The minimum Gasteiger partial charge on any atom is -0.466 e. The molecule has 1 aromatic carbocycles. The molecule has 2 N–H and O–H groups in total. The zero-order chi connectivity index (χ0) is 19.8. The van der Waals surface area contributed by atoms with Gasteiger partial charge in [-0.05, 0) is 13.0 Å². The lowest BCUT2D eigenvalue weighted by molar-refractivity contribution is -0.143. The van der Waals surface area contributed by atoms with E-state index >= 15 is 0 Å². The summed E-state index contributed by atoms with van der Waals surface area (Å²) in [6.07, 6.45) is -0.111. The topological polar surface area (TPSA) is 87.7 Å². The molecule has 0 radical (unpaired) electrons. The van der Waals surface area contributed by atoms with E-state index in [1.54, 1.807) is 11.8 Å². The quantitative estimate of drug-likeness (QED) is 0.646. The van der Waals surface area contributed by atoms with Crippen LogP contribution in [-0.2, 0) is 25.7 Å². The van der Waals surface area contributed by atoms with E-state index in [-0.39, 0.29) is 44.0 Å². The SMILES string of the molecule is CCOC(=O)CCNC(=O)C[C@H]1C(=O)NCCN1Cc1cccc(F)c1F. The third-order valence-corrected chi connectivity index (χ3v) is 4.18. The highest BCUT2D eigenvalue weighted by Gasteiger charge is 2.32. The van der Waals surface area contributed by atoms with Gasteiger partial charge in [-0.25, -0.2) is 8.78 Å². The van der Waals surface area contributed by atoms with E-state index in [2.05, 4.69) is 10.6 Å². The van der Waals surface area contributed by atoms with Gasteiger partial charge < -0.3 is 15.4 Å². The molecule has 1 saturated heterocycles. The number of nitrogens with zero attached hydrogens (tertiary/aromatic N) is 1. The summed E-state index contributed by atoms with van der Waals surface area (Å²) in [5.41, 5.74) is 0.123. The fraction of sp³-hybridized carbons (Fsp3) is 0.500. The van der Waals surface area contributed by atoms with Crippen LogP contribution in [0.15, 0.2) is 18.2 Å². The highest BCUT2D eigenvalue weighted by Crippen LogP contribution is 2.18. The van der Waals surface area contributed by atoms with Crippen LogP contribution < -0.4 is 10.6 Å². The number of benzene rings is 1. The first kappa shape index (κ1) is 20.8. The Hall–Kier alpha value is -2.55. The van der Waals surface area contributed by atoms with Gasteiger partial charge in [-0.2, -0.15) is 0 Å². The molecular formula is C18H23F2N3O4. The van der Waals surface area contributed by atoms with Gasteiger partial charge in [0.15, 0.2) is 11.6 Å². The second-order valence-corrected chi connectivity index (χ2v) is 6.10. The predicted molar refractivity (Wildman–Crippen MR) is 92.4 cm³/mol. The number of hydrogen-bond acceptors (Lipinski definition) is 5. The van der Waals surface area contributed by atoms with Gasteiger partial charge in [0.1, 0.15) is 0 Å². The Morgan fingerprint density at radius 3 is 2.89 bits per heavy atom. The van der Waals surface area contributed by atoms with E-state index in [1.165, 1.54) is 12.1 Å². The number of nitrogens with one attached hydrogen (secondary N) is 2. The lowest BCUT2D eigenvalue weighted by atomic mass is 10.1. The molecule has 0 spiro atoms. The zero-order valence-electron chi connectivity index (χ0n) is 15.1. The number of piperazine rings is 1. The van der Waals surface area contributed by atoms with E-state index in [4.69, 9.17) is 4.74 Å². The molecular weight excluding hydrogens is 360 g/mol. The summed E-state index contributed by atoms with van der Waals surface area (Å²) in [6, 6.07) is 3.07. The van der Waals surface area contributed by atoms with Gasteiger partial charge in [-0.3, -0.25) is 19.3 Å². The van der Waals surface area contributed by atoms with Crippen LogP contribution >= 0.6 is 0 Å². The standard InChI is InChI=1S/C18H23F2N3O4/c1-2-27-16(25)6-7-21-15(24)10-14-18(26)22-8-9-23(14)11-12-4-3-5-13(19)17(12)20/h3-5,14H,2,6-11H2,1H3,(H,21,24)(H,22,26)/t14-/m0/s1. The Morgan fingerprint density at radius 2 is 2.15 bits per heavy atom. The van der Waals surface area contributed by atoms with Gasteiger partial charge in [-0.1, -0.05) is 12.1 Å². The monoisotopic (exact) mass is 383 g/mol. The number of halogens is 2. The van der Waals surface area contributed by atoms with Crippen LogP contribution in [0.4, 0.5) is 8.78 Å². The average Bonchev–Trinajstić information content (AvgIpc) is 2.62. The highest BCUT2D eigenvalue weighted by molar-refractivity contribution is 5.89. The van der Waals surface area contributed by atoms with E-state index in [1.807, 2.05) is 0 Å². The summed E-state index contributed by atoms with van der Waals surface area (Å²) in [4.78, 5) is 37.2. The molecule has 0 saturated carbocycles. The zero-order valence-corrected chi connectivity index (χ0v) is 15.1. The van der Waals surface area contributed by atoms with Gasteiger partial charge in [-0.15, -0.1) is 0 Å². The van der Waals surface area contributed by atoms with Gasteiger partial charge in [0, 0.05) is 31.7 Å². The van der Waals surface area contributed by atoms with Crippen molar-refractivity contribution in [2.24, 2.45) is 0 Å². The lowest BCUT2D eigenvalue weighted by Crippen LogP contribution is -2.56. The Kier molecular flexibility index (Phi) is 7.66. The van der Waals surface area contributed by atoms with Crippen molar-refractivity contribution in [1.29, 1.82) is 0 Å². The molecule has 0 unspecified atom stereocenters. The summed E-state index contributed by atoms with van der Waals surface area (Å²) in [5, 5.41) is 5.23. The first-order valence-corrected chi connectivity index (χ1v) is 8.79. The second-order valence-electron chi connectivity index (χ2n) is 6.10. The van der Waals surface area contributed by atoms with Crippen molar-refractivity contribution in [3.8, 4) is 0 Å². The Labute approximate surface area is 156 Å². The normalized spacial score (nSPS) is 17.3. The van der Waals surface area contributed by atoms with Crippen LogP contribution in [0.1, 0.15) is 25.3 Å². The fourth-order valence-corrected chi connectivity index (χ4v) is 2.85. The van der Waals surface area contributed by atoms with Crippen molar-refractivity contribution in [2.75, 3.05) is 26.2 Å². The summed E-state index contributed by atoms with van der Waals surface area (Å²) in [7, 11) is 0. The Bertz CT molecular complexity index is 699. The maximum atomic E-state index is 13.9. The first-order valence-electron chi connectivity index (χ1n) is 8.79. The molecule has 7 nitrogen and oxygen atoms in total. The van der Waals surface area contributed by atoms with Crippen molar-refractivity contribution < 1.29 is 27.9 Å². The second kappa shape index (κ2) is 9.96. The smallest absolute Gasteiger partial charge is 0.307 e. The van der Waals surface area contributed by atoms with Crippen molar-refractivity contribution in [1.82, 2.24) is 15.5 Å². The fourth-order valence-electron chi connectivity index (χ4n) is 2.85. The average molecular weight is 383 g/mol. The summed E-state index contributed by atoms with van der Waals surface area (Å²) < 4.78 is 32.1. The number of ether oxygens (including phenoxy) is 1. The number of carbonyl (C=O) groups is 3. The molecule has 9 heteroatoms. The molecule has 1 aliphatic rings. The first-order chi connectivity index (χ1) is 12.9. The number of esters is 1. The van der Waals surface area contributed by atoms with E-state index in [9.17, 15) is 23.2 Å². The van der Waals surface area contributed by atoms with Gasteiger partial charge in [0.05, 0.1) is 25.5 Å². The van der Waals surface area contributed by atoms with Crippen molar-refractivity contribution >= 4 is 17.8 Å². The molecule has 1 heterocycles. The van der Waals surface area contributed by atoms with Gasteiger partial charge in [0.2, 0.25) is 11.8 Å². The van der Waals surface area contributed by atoms with E-state index in [0.29, 0.717) is 13.1 Å². The maximum Gasteiger partial charge on any atom is 0.307 e. The molecule has 148 valence electrons. The highest BCUT2D eigenvalue weighted by atomic mass is 19.2. The number of hydrogen-bond donors (Lipinski definition) is 2. The summed E-state index contributed by atoms with van der Waals surface area (Å²) in [5.74, 6) is -3.09. The van der Waals surface area contributed by atoms with Crippen LogP contribution in [0.5, 0.6) is 0 Å². The third-order valence-electron chi connectivity index (χ3n) is 4.18. The van der Waals surface area contributed by atoms with Crippen LogP contribution in [0.3, 0.4) is 0 Å². The Balaban J connectivity index is 1.95. The molecule has 0 aromatic heterocycles. The van der Waals surface area contributed by atoms with Crippen molar-refractivity contribution in [2.45, 2.75) is 32.4 Å². The number of amides is 2. The van der Waals surface area contributed by atoms with Crippen molar-refractivity contribution in [3.05, 3.63) is 35.4 Å². The Morgan fingerprint density at radius 1 is 1.37 bits per heavy atom. The van der Waals surface area contributed by atoms with Crippen molar-refractivity contribution in [3.63, 3.8) is 0 Å². The number of carbonyl (C=O) groups excluding carboxylic acids is 3. The van der Waals surface area contributed by atoms with E-state index < -0.39 is 29.6 Å². The largest absolute Gasteiger partial charge is 0.466 e. The molecule has 1 aliphatic heterocycles. The van der Waals surface area contributed by atoms with Crippen LogP contribution in [-0.4, -0.2) is 55.0 Å². The van der Waals surface area contributed by atoms with Gasteiger partial charge >= 0.3 is 5.97 Å². The van der Waals surface area contributed by atoms with Crippen LogP contribution in [0.2, 0.25) is 0 Å². The lowest BCUT2D eigenvalue weighted by Gasteiger charge is -2.34. The maximum absolute atomic E-state index is 13.9. The molecule has 2 rings (SSSR count). The molecule has 0 aliphatic carbocycles. The van der Waals surface area contributed by atoms with Crippen LogP contribution in [0, 0.1) is 11.6 Å². The van der Waals surface area contributed by atoms with E-state index in [0.717, 1.165) is 6.07 Å². The third kappa shape index (κ3) is 5.99. The molecule has 1 aromatic rings. The predicted octanol–water partition coefficient (Wildman–Crippen LogP) is 0.725. The molecule has 1 fully saturated rings. The molecule has 0 bridgehead atoms. The number of rotatable bonds is 8.